The van der Waals surface area contributed by atoms with Crippen LogP contribution in [0.5, 0.6) is 0 Å². The Morgan fingerprint density at radius 2 is 2.08 bits per heavy atom. The summed E-state index contributed by atoms with van der Waals surface area (Å²) in [5.74, 6) is -0.00500. The first-order chi connectivity index (χ1) is 5.54. The number of nitriles is 1. The largest absolute Gasteiger partial charge is 0.508 e. The molecule has 0 aliphatic heterocycles. The van der Waals surface area contributed by atoms with E-state index >= 15 is 0 Å². The molecule has 64 valence electrons. The van der Waals surface area contributed by atoms with Crippen LogP contribution >= 0.6 is 11.6 Å². The summed E-state index contributed by atoms with van der Waals surface area (Å²) in [7, 11) is 0. The van der Waals surface area contributed by atoms with Crippen LogP contribution in [0.3, 0.4) is 0 Å². The van der Waals surface area contributed by atoms with Crippen molar-refractivity contribution in [2.75, 3.05) is 0 Å². The van der Waals surface area contributed by atoms with Crippen LogP contribution in [0.1, 0.15) is 13.8 Å². The lowest BCUT2D eigenvalue weighted by Gasteiger charge is -2.01. The Morgan fingerprint density at radius 3 is 2.42 bits per heavy atom. The third-order valence-electron chi connectivity index (χ3n) is 1.40. The van der Waals surface area contributed by atoms with Gasteiger partial charge < -0.3 is 5.11 Å². The summed E-state index contributed by atoms with van der Waals surface area (Å²) < 4.78 is 0. The molecule has 0 radical (unpaired) electrons. The van der Waals surface area contributed by atoms with E-state index in [-0.39, 0.29) is 10.8 Å². The Labute approximate surface area is 77.1 Å². The normalized spacial score (nSPS) is 14.2. The van der Waals surface area contributed by atoms with Crippen molar-refractivity contribution in [1.82, 2.24) is 0 Å². The number of hydrogen-bond acceptors (Lipinski definition) is 2. The van der Waals surface area contributed by atoms with Gasteiger partial charge in [-0.3, -0.25) is 0 Å². The number of hydrogen-bond donors (Lipinski definition) is 1. The highest BCUT2D eigenvalue weighted by atomic mass is 35.5. The van der Waals surface area contributed by atoms with Gasteiger partial charge in [-0.2, -0.15) is 5.26 Å². The van der Waals surface area contributed by atoms with Crippen molar-refractivity contribution >= 4 is 11.6 Å². The molecule has 0 saturated carbocycles. The predicted molar refractivity (Wildman–Crippen MR) is 49.7 cm³/mol. The number of halogens is 1. The second kappa shape index (κ2) is 4.63. The van der Waals surface area contributed by atoms with E-state index in [4.69, 9.17) is 16.9 Å². The Bertz CT molecular complexity index is 294. The van der Waals surface area contributed by atoms with Crippen LogP contribution in [-0.4, -0.2) is 5.11 Å². The summed E-state index contributed by atoms with van der Waals surface area (Å²) in [6.07, 6.45) is 1.28. The maximum absolute atomic E-state index is 9.17. The molecular weight excluding hydrogens is 174 g/mol. The van der Waals surface area contributed by atoms with Gasteiger partial charge >= 0.3 is 0 Å². The summed E-state index contributed by atoms with van der Waals surface area (Å²) in [6.45, 7) is 6.59. The van der Waals surface area contributed by atoms with Crippen LogP contribution in [0.15, 0.2) is 34.6 Å². The minimum Gasteiger partial charge on any atom is -0.508 e. The molecule has 0 bridgehead atoms. The van der Waals surface area contributed by atoms with E-state index in [2.05, 4.69) is 6.58 Å². The standard InChI is InChI=1S/C9H10ClNO/c1-4-8(12)7(3)9(10)6(2)5-11/h4,12H,1H2,2-3H3/b8-7+,9-6-. The number of nitrogens with zero attached hydrogens (tertiary/aromatic N) is 1. The smallest absolute Gasteiger partial charge is 0.119 e. The van der Waals surface area contributed by atoms with Crippen LogP contribution < -0.4 is 0 Å². The molecule has 0 aliphatic carbocycles. The van der Waals surface area contributed by atoms with Crippen molar-refractivity contribution in [1.29, 1.82) is 5.26 Å². The topological polar surface area (TPSA) is 44.0 Å². The fraction of sp³-hybridized carbons (Fsp3) is 0.222. The zero-order valence-electron chi connectivity index (χ0n) is 7.06. The fourth-order valence-corrected chi connectivity index (χ4v) is 0.735. The first-order valence-corrected chi connectivity index (χ1v) is 3.71. The SMILES string of the molecule is C=C/C(O)=C(C)\C(Cl)=C(/C)C#N. The maximum atomic E-state index is 9.17. The average Bonchev–Trinajstić information content (AvgIpc) is 2.12. The molecule has 0 amide bonds. The first-order valence-electron chi connectivity index (χ1n) is 3.33. The van der Waals surface area contributed by atoms with E-state index in [9.17, 15) is 5.11 Å². The van der Waals surface area contributed by atoms with Crippen molar-refractivity contribution in [2.45, 2.75) is 13.8 Å². The fourth-order valence-electron chi connectivity index (χ4n) is 0.596. The van der Waals surface area contributed by atoms with Gasteiger partial charge in [-0.15, -0.1) is 0 Å². The predicted octanol–water partition coefficient (Wildman–Crippen LogP) is 3.04. The molecule has 1 N–H and O–H groups in total. The van der Waals surface area contributed by atoms with Gasteiger partial charge in [-0.1, -0.05) is 18.2 Å². The number of aliphatic hydroxyl groups excluding tert-OH is 1. The van der Waals surface area contributed by atoms with Crippen LogP contribution in [0, 0.1) is 11.3 Å². The van der Waals surface area contributed by atoms with E-state index in [1.165, 1.54) is 6.08 Å². The summed E-state index contributed by atoms with van der Waals surface area (Å²) in [5, 5.41) is 17.9. The van der Waals surface area contributed by atoms with Crippen molar-refractivity contribution in [3.63, 3.8) is 0 Å². The molecule has 0 saturated heterocycles. The lowest BCUT2D eigenvalue weighted by Crippen LogP contribution is -1.86. The molecule has 0 unspecified atom stereocenters. The van der Waals surface area contributed by atoms with Gasteiger partial charge in [0.05, 0.1) is 11.1 Å². The zero-order chi connectivity index (χ0) is 9.72. The van der Waals surface area contributed by atoms with Gasteiger partial charge in [-0.05, 0) is 19.9 Å². The van der Waals surface area contributed by atoms with E-state index < -0.39 is 0 Å². The maximum Gasteiger partial charge on any atom is 0.119 e. The van der Waals surface area contributed by atoms with Gasteiger partial charge in [0.2, 0.25) is 0 Å². The third-order valence-corrected chi connectivity index (χ3v) is 1.97. The summed E-state index contributed by atoms with van der Waals surface area (Å²) in [6, 6.07) is 1.89. The molecule has 0 aliphatic rings. The molecule has 12 heavy (non-hydrogen) atoms. The number of rotatable bonds is 2. The molecule has 0 fully saturated rings. The van der Waals surface area contributed by atoms with Crippen molar-refractivity contribution in [2.24, 2.45) is 0 Å². The number of aliphatic hydroxyl groups is 1. The zero-order valence-corrected chi connectivity index (χ0v) is 7.81. The van der Waals surface area contributed by atoms with E-state index in [1.54, 1.807) is 13.8 Å². The summed E-state index contributed by atoms with van der Waals surface area (Å²) in [4.78, 5) is 0. The van der Waals surface area contributed by atoms with E-state index in [0.29, 0.717) is 11.1 Å². The highest BCUT2D eigenvalue weighted by Crippen LogP contribution is 2.20. The van der Waals surface area contributed by atoms with E-state index in [0.717, 1.165) is 0 Å². The van der Waals surface area contributed by atoms with Gasteiger partial charge in [0, 0.05) is 11.1 Å². The van der Waals surface area contributed by atoms with Crippen molar-refractivity contribution in [3.05, 3.63) is 34.6 Å². The van der Waals surface area contributed by atoms with Crippen molar-refractivity contribution in [3.8, 4) is 6.07 Å². The van der Waals surface area contributed by atoms with Crippen LogP contribution in [-0.2, 0) is 0 Å². The Balaban J connectivity index is 5.12. The van der Waals surface area contributed by atoms with Crippen LogP contribution in [0.2, 0.25) is 0 Å². The van der Waals surface area contributed by atoms with Gasteiger partial charge in [0.1, 0.15) is 5.76 Å². The Kier molecular flexibility index (Phi) is 4.17. The highest BCUT2D eigenvalue weighted by Gasteiger charge is 2.04. The quantitative estimate of drug-likeness (QED) is 0.406. The van der Waals surface area contributed by atoms with Gasteiger partial charge in [-0.25, -0.2) is 0 Å². The lowest BCUT2D eigenvalue weighted by molar-refractivity contribution is 0.427. The second-order valence-electron chi connectivity index (χ2n) is 2.27. The van der Waals surface area contributed by atoms with Crippen molar-refractivity contribution < 1.29 is 5.11 Å². The summed E-state index contributed by atoms with van der Waals surface area (Å²) in [5.41, 5.74) is 0.841. The van der Waals surface area contributed by atoms with Crippen LogP contribution in [0.4, 0.5) is 0 Å². The van der Waals surface area contributed by atoms with Gasteiger partial charge in [0.25, 0.3) is 0 Å². The molecule has 0 heterocycles. The second-order valence-corrected chi connectivity index (χ2v) is 2.64. The molecule has 0 spiro atoms. The third kappa shape index (κ3) is 2.44. The number of allylic oxidation sites excluding steroid dienone is 4. The highest BCUT2D eigenvalue weighted by molar-refractivity contribution is 6.32. The molecule has 0 rings (SSSR count). The monoisotopic (exact) mass is 183 g/mol. The molecule has 0 atom stereocenters. The molecule has 2 nitrogen and oxygen atoms in total. The minimum absolute atomic E-state index is 0.00500. The first kappa shape index (κ1) is 10.8. The minimum atomic E-state index is -0.00500. The molecule has 0 aromatic rings. The molecule has 0 aromatic heterocycles. The van der Waals surface area contributed by atoms with E-state index in [1.807, 2.05) is 6.07 Å². The van der Waals surface area contributed by atoms with Gasteiger partial charge in [0.15, 0.2) is 0 Å². The summed E-state index contributed by atoms with van der Waals surface area (Å²) >= 11 is 5.75. The van der Waals surface area contributed by atoms with Crippen LogP contribution in [0.25, 0.3) is 0 Å². The Morgan fingerprint density at radius 1 is 1.58 bits per heavy atom. The molecule has 3 heteroatoms. The molecular formula is C9H10ClNO. The molecule has 0 aromatic carbocycles. The lowest BCUT2D eigenvalue weighted by atomic mass is 10.1. The Hall–Kier alpha value is -1.20. The average molecular weight is 184 g/mol.